The molecule has 180 valence electrons. The molecule has 4 rings (SSSR count). The molecule has 2 aromatic rings. The molecule has 2 aliphatic carbocycles. The zero-order valence-corrected chi connectivity index (χ0v) is 18.6. The summed E-state index contributed by atoms with van der Waals surface area (Å²) in [7, 11) is 0. The van der Waals surface area contributed by atoms with Gasteiger partial charge in [0.15, 0.2) is 0 Å². The minimum Gasteiger partial charge on any atom is -0.480 e. The van der Waals surface area contributed by atoms with E-state index in [1.807, 2.05) is 48.5 Å². The van der Waals surface area contributed by atoms with E-state index in [-0.39, 0.29) is 18.4 Å². The zero-order valence-electron chi connectivity index (χ0n) is 18.6. The Kier molecular flexibility index (Phi) is 6.54. The number of carbonyl (C=O) groups is 3. The number of carbonyl (C=O) groups excluding carboxylic acids is 2. The fraction of sp³-hybridized carbons (Fsp3) is 0.400. The Morgan fingerprint density at radius 1 is 1.06 bits per heavy atom. The average Bonchev–Trinajstić information content (AvgIpc) is 3.60. The summed E-state index contributed by atoms with van der Waals surface area (Å²) in [5.74, 6) is -2.74. The van der Waals surface area contributed by atoms with E-state index in [0.717, 1.165) is 22.3 Å². The number of aliphatic carboxylic acids is 1. The van der Waals surface area contributed by atoms with Gasteiger partial charge in [-0.2, -0.15) is 0 Å². The van der Waals surface area contributed by atoms with Gasteiger partial charge in [0, 0.05) is 12.3 Å². The maximum absolute atomic E-state index is 13.1. The van der Waals surface area contributed by atoms with Gasteiger partial charge < -0.3 is 20.5 Å². The first-order valence-electron chi connectivity index (χ1n) is 11.2. The Labute approximate surface area is 195 Å². The highest BCUT2D eigenvalue weighted by molar-refractivity contribution is 5.91. The Morgan fingerprint density at radius 3 is 2.12 bits per heavy atom. The number of carboxylic acids is 1. The molecule has 0 heterocycles. The predicted octanol–water partition coefficient (Wildman–Crippen LogP) is 3.92. The van der Waals surface area contributed by atoms with E-state index in [4.69, 9.17) is 4.74 Å². The molecule has 3 N–H and O–H groups in total. The second kappa shape index (κ2) is 9.40. The monoisotopic (exact) mass is 472 g/mol. The third-order valence-corrected chi connectivity index (χ3v) is 6.59. The van der Waals surface area contributed by atoms with Crippen LogP contribution in [0.15, 0.2) is 48.5 Å². The third-order valence-electron chi connectivity index (χ3n) is 6.59. The molecule has 1 saturated carbocycles. The lowest BCUT2D eigenvalue weighted by Crippen LogP contribution is -2.59. The molecule has 2 aliphatic rings. The molecule has 34 heavy (non-hydrogen) atoms. The number of benzene rings is 2. The molecule has 9 heteroatoms. The number of amides is 2. The fourth-order valence-corrected chi connectivity index (χ4v) is 4.53. The number of halogens is 2. The van der Waals surface area contributed by atoms with Crippen LogP contribution in [0.2, 0.25) is 0 Å². The van der Waals surface area contributed by atoms with E-state index < -0.39 is 42.4 Å². The number of alkyl carbamates (subject to hydrolysis) is 1. The van der Waals surface area contributed by atoms with Crippen molar-refractivity contribution in [3.05, 3.63) is 59.7 Å². The van der Waals surface area contributed by atoms with Gasteiger partial charge in [0.1, 0.15) is 18.2 Å². The first kappa shape index (κ1) is 23.7. The van der Waals surface area contributed by atoms with Crippen LogP contribution < -0.4 is 10.6 Å². The summed E-state index contributed by atoms with van der Waals surface area (Å²) < 4.78 is 31.6. The van der Waals surface area contributed by atoms with Gasteiger partial charge >= 0.3 is 12.1 Å². The minimum absolute atomic E-state index is 0.0439. The van der Waals surface area contributed by atoms with Gasteiger partial charge in [-0.15, -0.1) is 0 Å². The smallest absolute Gasteiger partial charge is 0.407 e. The number of ether oxygens (including phenoxy) is 1. The number of hydrogen-bond acceptors (Lipinski definition) is 4. The molecule has 2 atom stereocenters. The first-order chi connectivity index (χ1) is 16.2. The molecule has 0 aromatic heterocycles. The molecular weight excluding hydrogens is 446 g/mol. The van der Waals surface area contributed by atoms with Crippen molar-refractivity contribution in [3.63, 3.8) is 0 Å². The van der Waals surface area contributed by atoms with E-state index >= 15 is 0 Å². The van der Waals surface area contributed by atoms with Gasteiger partial charge in [0.05, 0.1) is 0 Å². The van der Waals surface area contributed by atoms with Crippen molar-refractivity contribution in [1.29, 1.82) is 0 Å². The number of fused-ring (bicyclic) bond motifs is 3. The van der Waals surface area contributed by atoms with Crippen molar-refractivity contribution in [3.8, 4) is 11.1 Å². The van der Waals surface area contributed by atoms with Crippen LogP contribution in [0, 0.1) is 5.92 Å². The van der Waals surface area contributed by atoms with E-state index in [0.29, 0.717) is 12.8 Å². The topological polar surface area (TPSA) is 105 Å². The average molecular weight is 472 g/mol. The van der Waals surface area contributed by atoms with Crippen LogP contribution in [0.5, 0.6) is 0 Å². The number of nitrogens with one attached hydrogen (secondary N) is 2. The number of alkyl halides is 2. The second-order valence-corrected chi connectivity index (χ2v) is 8.92. The molecule has 2 unspecified atom stereocenters. The summed E-state index contributed by atoms with van der Waals surface area (Å²) in [5, 5.41) is 14.1. The molecule has 0 aliphatic heterocycles. The number of carboxylic acid groups (broad SMARTS) is 1. The van der Waals surface area contributed by atoms with E-state index in [2.05, 4.69) is 10.6 Å². The lowest BCUT2D eigenvalue weighted by atomic mass is 9.95. The summed E-state index contributed by atoms with van der Waals surface area (Å²) in [6.07, 6.45) is -3.64. The Bertz CT molecular complexity index is 1060. The molecule has 0 radical (unpaired) electrons. The van der Waals surface area contributed by atoms with Crippen LogP contribution >= 0.6 is 0 Å². The Hall–Kier alpha value is -3.49. The van der Waals surface area contributed by atoms with Crippen molar-refractivity contribution in [2.75, 3.05) is 6.61 Å². The van der Waals surface area contributed by atoms with Gasteiger partial charge in [-0.1, -0.05) is 48.5 Å². The Morgan fingerprint density at radius 2 is 1.62 bits per heavy atom. The summed E-state index contributed by atoms with van der Waals surface area (Å²) >= 11 is 0. The van der Waals surface area contributed by atoms with Crippen molar-refractivity contribution in [1.82, 2.24) is 10.6 Å². The van der Waals surface area contributed by atoms with Crippen LogP contribution in [-0.2, 0) is 14.3 Å². The highest BCUT2D eigenvalue weighted by Crippen LogP contribution is 2.44. The van der Waals surface area contributed by atoms with Crippen LogP contribution in [0.4, 0.5) is 13.6 Å². The standard InChI is InChI=1S/C25H26F2N2O5/c1-25(23(31)32,14-10-11-14)29-22(30)20(12-21(26)27)28-24(33)34-13-19-17-8-4-2-6-15(17)16-7-3-5-9-18(16)19/h2-9,14,19-21H,10-13H2,1H3,(H,28,33)(H,29,30)(H,31,32). The summed E-state index contributed by atoms with van der Waals surface area (Å²) in [6, 6.07) is 13.8. The van der Waals surface area contributed by atoms with Gasteiger partial charge in [0.2, 0.25) is 12.3 Å². The lowest BCUT2D eigenvalue weighted by molar-refractivity contribution is -0.148. The van der Waals surface area contributed by atoms with Gasteiger partial charge in [-0.3, -0.25) is 4.79 Å². The van der Waals surface area contributed by atoms with Crippen molar-refractivity contribution in [2.45, 2.75) is 50.1 Å². The van der Waals surface area contributed by atoms with Crippen LogP contribution in [0.3, 0.4) is 0 Å². The van der Waals surface area contributed by atoms with Crippen LogP contribution in [-0.4, -0.2) is 47.7 Å². The molecule has 0 saturated heterocycles. The molecule has 2 aromatic carbocycles. The van der Waals surface area contributed by atoms with E-state index in [1.165, 1.54) is 6.92 Å². The molecule has 7 nitrogen and oxygen atoms in total. The summed E-state index contributed by atoms with van der Waals surface area (Å²) in [5.41, 5.74) is 2.46. The minimum atomic E-state index is -2.89. The maximum Gasteiger partial charge on any atom is 0.407 e. The van der Waals surface area contributed by atoms with Crippen LogP contribution in [0.25, 0.3) is 11.1 Å². The van der Waals surface area contributed by atoms with Crippen molar-refractivity contribution in [2.24, 2.45) is 5.92 Å². The largest absolute Gasteiger partial charge is 0.480 e. The quantitative estimate of drug-likeness (QED) is 0.513. The molecular formula is C25H26F2N2O5. The number of rotatable bonds is 9. The highest BCUT2D eigenvalue weighted by atomic mass is 19.3. The van der Waals surface area contributed by atoms with Crippen molar-refractivity contribution >= 4 is 18.0 Å². The normalized spacial score (nSPS) is 17.3. The van der Waals surface area contributed by atoms with Gasteiger partial charge in [-0.05, 0) is 47.9 Å². The SMILES string of the molecule is CC(NC(=O)C(CC(F)F)NC(=O)OCC1c2ccccc2-c2ccccc21)(C(=O)O)C1CC1. The lowest BCUT2D eigenvalue weighted by Gasteiger charge is -2.29. The summed E-state index contributed by atoms with van der Waals surface area (Å²) in [6.45, 7) is 1.30. The molecule has 0 spiro atoms. The molecule has 0 bridgehead atoms. The van der Waals surface area contributed by atoms with E-state index in [1.54, 1.807) is 0 Å². The van der Waals surface area contributed by atoms with Gasteiger partial charge in [0.25, 0.3) is 0 Å². The van der Waals surface area contributed by atoms with Gasteiger partial charge in [-0.25, -0.2) is 18.4 Å². The first-order valence-corrected chi connectivity index (χ1v) is 11.2. The highest BCUT2D eigenvalue weighted by Gasteiger charge is 2.49. The van der Waals surface area contributed by atoms with Crippen molar-refractivity contribution < 1.29 is 33.0 Å². The van der Waals surface area contributed by atoms with E-state index in [9.17, 15) is 28.3 Å². The molecule has 2 amide bonds. The number of hydrogen-bond donors (Lipinski definition) is 3. The fourth-order valence-electron chi connectivity index (χ4n) is 4.53. The maximum atomic E-state index is 13.1. The predicted molar refractivity (Wildman–Crippen MR) is 120 cm³/mol. The third kappa shape index (κ3) is 4.73. The summed E-state index contributed by atoms with van der Waals surface area (Å²) in [4.78, 5) is 36.8. The second-order valence-electron chi connectivity index (χ2n) is 8.92. The van der Waals surface area contributed by atoms with Crippen LogP contribution in [0.1, 0.15) is 43.2 Å². The molecule has 1 fully saturated rings. The Balaban J connectivity index is 1.43. The zero-order chi connectivity index (χ0) is 24.5.